The maximum atomic E-state index is 9.77. The van der Waals surface area contributed by atoms with Gasteiger partial charge in [0.05, 0.1) is 0 Å². The third-order valence-corrected chi connectivity index (χ3v) is 2.83. The van der Waals surface area contributed by atoms with Gasteiger partial charge < -0.3 is 10.8 Å². The normalized spacial score (nSPS) is 15.4. The zero-order valence-corrected chi connectivity index (χ0v) is 10.6. The third kappa shape index (κ3) is 2.46. The van der Waals surface area contributed by atoms with E-state index in [1.807, 2.05) is 0 Å². The van der Waals surface area contributed by atoms with E-state index in [9.17, 15) is 5.11 Å². The van der Waals surface area contributed by atoms with E-state index in [4.69, 9.17) is 17.3 Å². The van der Waals surface area contributed by atoms with Crippen molar-refractivity contribution in [1.29, 1.82) is 0 Å². The van der Waals surface area contributed by atoms with Crippen LogP contribution >= 0.6 is 11.6 Å². The lowest BCUT2D eigenvalue weighted by Gasteiger charge is -2.20. The number of benzene rings is 1. The summed E-state index contributed by atoms with van der Waals surface area (Å²) in [5, 5.41) is 16.0. The van der Waals surface area contributed by atoms with Gasteiger partial charge in [-0.15, -0.1) is 0 Å². The van der Waals surface area contributed by atoms with E-state index < -0.39 is 0 Å². The lowest BCUT2D eigenvalue weighted by atomic mass is 10.1. The highest BCUT2D eigenvalue weighted by Crippen LogP contribution is 2.23. The predicted molar refractivity (Wildman–Crippen MR) is 72.8 cm³/mol. The zero-order chi connectivity index (χ0) is 13.3. The molecule has 6 heteroatoms. The van der Waals surface area contributed by atoms with Crippen LogP contribution in [0.3, 0.4) is 0 Å². The summed E-state index contributed by atoms with van der Waals surface area (Å²) < 4.78 is 0. The van der Waals surface area contributed by atoms with Crippen LogP contribution in [-0.4, -0.2) is 28.7 Å². The number of nitrogens with zero attached hydrogens (tertiary/aromatic N) is 3. The van der Waals surface area contributed by atoms with Crippen molar-refractivity contribution in [2.75, 3.05) is 7.05 Å². The molecule has 0 saturated carbocycles. The van der Waals surface area contributed by atoms with E-state index in [1.54, 1.807) is 24.2 Å². The molecule has 94 valence electrons. The molecule has 0 spiro atoms. The molecule has 1 aliphatic rings. The molecule has 18 heavy (non-hydrogen) atoms. The number of halogens is 1. The molecule has 0 bridgehead atoms. The molecule has 1 aromatic carbocycles. The molecular weight excluding hydrogens is 252 g/mol. The summed E-state index contributed by atoms with van der Waals surface area (Å²) in [6, 6.07) is 4.92. The molecule has 2 rings (SSSR count). The monoisotopic (exact) mass is 264 g/mol. The van der Waals surface area contributed by atoms with Crippen LogP contribution in [0.4, 0.5) is 0 Å². The number of aromatic hydroxyl groups is 1. The maximum absolute atomic E-state index is 9.77. The van der Waals surface area contributed by atoms with Crippen molar-refractivity contribution in [3.05, 3.63) is 41.2 Å². The molecule has 3 N–H and O–H groups in total. The van der Waals surface area contributed by atoms with Gasteiger partial charge in [-0.1, -0.05) is 24.2 Å². The zero-order valence-electron chi connectivity index (χ0n) is 9.89. The van der Waals surface area contributed by atoms with Crippen molar-refractivity contribution >= 4 is 23.1 Å². The fraction of sp³-hybridized carbons (Fsp3) is 0.167. The number of phenols is 1. The van der Waals surface area contributed by atoms with Crippen molar-refractivity contribution in [1.82, 2.24) is 5.01 Å². The van der Waals surface area contributed by atoms with Crippen LogP contribution in [0.25, 0.3) is 0 Å². The largest absolute Gasteiger partial charge is 0.508 e. The summed E-state index contributed by atoms with van der Waals surface area (Å²) >= 11 is 5.77. The standard InChI is InChI=1S/C12H13ClN4O/c1-7-15-12(14)10(16-17(7)2)5-8-3-4-9(13)6-11(8)18/h3-4,6,18H,1,5H2,2H3,(H2,14,15). The molecule has 0 aromatic heterocycles. The number of nitrogens with two attached hydrogens (primary N) is 1. The van der Waals surface area contributed by atoms with Crippen molar-refractivity contribution in [3.8, 4) is 5.75 Å². The van der Waals surface area contributed by atoms with Crippen molar-refractivity contribution in [2.45, 2.75) is 6.42 Å². The van der Waals surface area contributed by atoms with Crippen LogP contribution < -0.4 is 5.73 Å². The first-order valence-corrected chi connectivity index (χ1v) is 5.67. The van der Waals surface area contributed by atoms with Gasteiger partial charge in [-0.05, 0) is 12.1 Å². The minimum atomic E-state index is 0.116. The van der Waals surface area contributed by atoms with E-state index in [-0.39, 0.29) is 5.75 Å². The van der Waals surface area contributed by atoms with Gasteiger partial charge in [0.2, 0.25) is 0 Å². The van der Waals surface area contributed by atoms with Crippen molar-refractivity contribution in [3.63, 3.8) is 0 Å². The Kier molecular flexibility index (Phi) is 3.25. The lowest BCUT2D eigenvalue weighted by molar-refractivity contribution is 0.438. The SMILES string of the molecule is C=C1N=C(N)C(Cc2ccc(Cl)cc2O)=NN1C. The fourth-order valence-corrected chi connectivity index (χ4v) is 1.73. The first-order chi connectivity index (χ1) is 8.47. The van der Waals surface area contributed by atoms with Gasteiger partial charge >= 0.3 is 0 Å². The summed E-state index contributed by atoms with van der Waals surface area (Å²) in [4.78, 5) is 4.08. The Morgan fingerprint density at radius 3 is 2.89 bits per heavy atom. The quantitative estimate of drug-likeness (QED) is 0.854. The molecule has 0 amide bonds. The Morgan fingerprint density at radius 2 is 2.22 bits per heavy atom. The number of phenolic OH excluding ortho intramolecular Hbond substituents is 1. The second-order valence-electron chi connectivity index (χ2n) is 3.93. The molecule has 1 aromatic rings. The topological polar surface area (TPSA) is 74.2 Å². The third-order valence-electron chi connectivity index (χ3n) is 2.59. The highest BCUT2D eigenvalue weighted by atomic mass is 35.5. The molecule has 5 nitrogen and oxygen atoms in total. The Labute approximate surface area is 110 Å². The Hall–Kier alpha value is -2.01. The average Bonchev–Trinajstić information content (AvgIpc) is 2.29. The van der Waals surface area contributed by atoms with E-state index in [1.165, 1.54) is 6.07 Å². The minimum Gasteiger partial charge on any atom is -0.508 e. The maximum Gasteiger partial charge on any atom is 0.149 e. The first kappa shape index (κ1) is 12.4. The number of hydrogen-bond acceptors (Lipinski definition) is 5. The van der Waals surface area contributed by atoms with Crippen LogP contribution in [0, 0.1) is 0 Å². The van der Waals surface area contributed by atoms with Crippen LogP contribution in [-0.2, 0) is 6.42 Å². The number of amidine groups is 1. The fourth-order valence-electron chi connectivity index (χ4n) is 1.56. The van der Waals surface area contributed by atoms with Crippen LogP contribution in [0.15, 0.2) is 40.7 Å². The number of aliphatic imine (C=N–C) groups is 1. The predicted octanol–water partition coefficient (Wildman–Crippen LogP) is 1.72. The second-order valence-corrected chi connectivity index (χ2v) is 4.37. The van der Waals surface area contributed by atoms with Crippen molar-refractivity contribution < 1.29 is 5.11 Å². The highest BCUT2D eigenvalue weighted by Gasteiger charge is 2.16. The average molecular weight is 265 g/mol. The molecular formula is C12H13ClN4O. The smallest absolute Gasteiger partial charge is 0.149 e. The van der Waals surface area contributed by atoms with Gasteiger partial charge in [0, 0.05) is 24.1 Å². The van der Waals surface area contributed by atoms with Gasteiger partial charge in [0.1, 0.15) is 23.1 Å². The summed E-state index contributed by atoms with van der Waals surface area (Å²) in [6.07, 6.45) is 0.385. The molecule has 1 aliphatic heterocycles. The lowest BCUT2D eigenvalue weighted by Crippen LogP contribution is -2.33. The molecule has 0 unspecified atom stereocenters. The minimum absolute atomic E-state index is 0.116. The highest BCUT2D eigenvalue weighted by molar-refractivity contribution is 6.41. The van der Waals surface area contributed by atoms with E-state index >= 15 is 0 Å². The van der Waals surface area contributed by atoms with Crippen LogP contribution in [0.5, 0.6) is 5.75 Å². The number of hydrogen-bond donors (Lipinski definition) is 2. The van der Waals surface area contributed by atoms with Crippen LogP contribution in [0.2, 0.25) is 5.02 Å². The molecule has 0 saturated heterocycles. The van der Waals surface area contributed by atoms with Gasteiger partial charge in [-0.3, -0.25) is 5.01 Å². The summed E-state index contributed by atoms with van der Waals surface area (Å²) in [5.74, 6) is 0.911. The van der Waals surface area contributed by atoms with Gasteiger partial charge in [-0.25, -0.2) is 4.99 Å². The van der Waals surface area contributed by atoms with E-state index in [2.05, 4.69) is 16.7 Å². The Balaban J connectivity index is 2.27. The Bertz CT molecular complexity index is 565. The van der Waals surface area contributed by atoms with E-state index in [0.717, 1.165) is 0 Å². The van der Waals surface area contributed by atoms with Crippen molar-refractivity contribution in [2.24, 2.45) is 15.8 Å². The summed E-state index contributed by atoms with van der Waals surface area (Å²) in [6.45, 7) is 3.70. The van der Waals surface area contributed by atoms with E-state index in [0.29, 0.717) is 34.4 Å². The Morgan fingerprint density at radius 1 is 1.50 bits per heavy atom. The van der Waals surface area contributed by atoms with Gasteiger partial charge in [-0.2, -0.15) is 5.10 Å². The summed E-state index contributed by atoms with van der Waals surface area (Å²) in [5.41, 5.74) is 7.06. The molecule has 0 radical (unpaired) electrons. The van der Waals surface area contributed by atoms with Crippen LogP contribution in [0.1, 0.15) is 5.56 Å². The van der Waals surface area contributed by atoms with Gasteiger partial charge in [0.15, 0.2) is 0 Å². The molecule has 1 heterocycles. The molecule has 0 fully saturated rings. The first-order valence-electron chi connectivity index (χ1n) is 5.29. The van der Waals surface area contributed by atoms with Gasteiger partial charge in [0.25, 0.3) is 0 Å². The molecule has 0 atom stereocenters. The second kappa shape index (κ2) is 4.70. The number of hydrazone groups is 1. The molecule has 0 aliphatic carbocycles. The summed E-state index contributed by atoms with van der Waals surface area (Å²) in [7, 11) is 1.74. The number of rotatable bonds is 2.